The number of hydrogen-bond donors (Lipinski definition) is 3. The number of phenolic OH excluding ortho intramolecular Hbond substituents is 1. The van der Waals surface area contributed by atoms with Crippen molar-refractivity contribution in [1.29, 1.82) is 0 Å². The smallest absolute Gasteiger partial charge is 0.330 e. The molecule has 3 aliphatic carbocycles. The molecule has 7 atom stereocenters. The molecule has 248 valence electrons. The highest BCUT2D eigenvalue weighted by Crippen LogP contribution is 2.71. The standard InChI is InChI=1S/C38H48O8/c1-20(2)10-9-15-36(8)16-14-24-29(39)28-30(40)26-18-23-19-27-35(6,7)46-37(33(23)41,17-13-22(5)34(42)43)38(26,27)45-32(28)25(31(24)44-36)12-11-21(3)4/h10-11,13-14,16,23,26-27,33,39,41H,9,12,15,17-19H2,1-8H3,(H,42,43)/t23?,26?,27?,33?,36-,37?,38?/m1/s1. The van der Waals surface area contributed by atoms with Gasteiger partial charge in [-0.2, -0.15) is 0 Å². The molecule has 6 unspecified atom stereocenters. The van der Waals surface area contributed by atoms with Crippen molar-refractivity contribution in [2.45, 2.75) is 122 Å². The van der Waals surface area contributed by atoms with E-state index in [-0.39, 0.29) is 46.7 Å². The predicted octanol–water partition coefficient (Wildman–Crippen LogP) is 7.11. The summed E-state index contributed by atoms with van der Waals surface area (Å²) in [4.78, 5) is 26.6. The highest BCUT2D eigenvalue weighted by Gasteiger charge is 2.83. The Morgan fingerprint density at radius 1 is 1.00 bits per heavy atom. The molecule has 3 aliphatic heterocycles. The topological polar surface area (TPSA) is 123 Å². The Kier molecular flexibility index (Phi) is 7.68. The van der Waals surface area contributed by atoms with Crippen molar-refractivity contribution in [2.24, 2.45) is 17.8 Å². The van der Waals surface area contributed by atoms with Gasteiger partial charge in [-0.05, 0) is 106 Å². The number of fused-ring (bicyclic) bond motifs is 2. The van der Waals surface area contributed by atoms with E-state index in [1.54, 1.807) is 6.08 Å². The van der Waals surface area contributed by atoms with Crippen LogP contribution in [-0.2, 0) is 16.0 Å². The van der Waals surface area contributed by atoms with Crippen LogP contribution in [-0.4, -0.2) is 55.6 Å². The van der Waals surface area contributed by atoms with Gasteiger partial charge in [-0.25, -0.2) is 4.79 Å². The van der Waals surface area contributed by atoms with Gasteiger partial charge >= 0.3 is 5.97 Å². The van der Waals surface area contributed by atoms with Crippen LogP contribution in [0.4, 0.5) is 0 Å². The van der Waals surface area contributed by atoms with E-state index in [1.165, 1.54) is 12.5 Å². The van der Waals surface area contributed by atoms with Crippen LogP contribution in [0.5, 0.6) is 17.2 Å². The first-order valence-electron chi connectivity index (χ1n) is 16.6. The van der Waals surface area contributed by atoms with Crippen LogP contribution in [0.1, 0.15) is 109 Å². The van der Waals surface area contributed by atoms with E-state index in [9.17, 15) is 24.9 Å². The van der Waals surface area contributed by atoms with Crippen molar-refractivity contribution in [3.05, 3.63) is 57.7 Å². The molecule has 1 aromatic carbocycles. The van der Waals surface area contributed by atoms with E-state index in [0.717, 1.165) is 18.4 Å². The number of carbonyl (C=O) groups is 2. The molecule has 1 aromatic rings. The molecular formula is C38H48O8. The normalized spacial score (nSPS) is 34.5. The summed E-state index contributed by atoms with van der Waals surface area (Å²) in [5.74, 6) is -1.84. The number of aliphatic hydroxyl groups is 1. The van der Waals surface area contributed by atoms with E-state index < -0.39 is 40.4 Å². The van der Waals surface area contributed by atoms with Gasteiger partial charge in [-0.1, -0.05) is 29.4 Å². The Labute approximate surface area is 271 Å². The van der Waals surface area contributed by atoms with E-state index in [2.05, 4.69) is 26.0 Å². The third-order valence-electron chi connectivity index (χ3n) is 11.2. The minimum Gasteiger partial charge on any atom is -0.506 e. The lowest BCUT2D eigenvalue weighted by molar-refractivity contribution is -0.253. The van der Waals surface area contributed by atoms with Gasteiger partial charge in [0.05, 0.1) is 23.2 Å². The van der Waals surface area contributed by atoms with E-state index in [1.807, 2.05) is 46.8 Å². The third-order valence-corrected chi connectivity index (χ3v) is 11.2. The molecular weight excluding hydrogens is 584 g/mol. The summed E-state index contributed by atoms with van der Waals surface area (Å²) in [5, 5.41) is 33.5. The van der Waals surface area contributed by atoms with Crippen LogP contribution >= 0.6 is 0 Å². The number of benzene rings is 1. The quantitative estimate of drug-likeness (QED) is 0.205. The van der Waals surface area contributed by atoms with Crippen molar-refractivity contribution in [3.63, 3.8) is 0 Å². The van der Waals surface area contributed by atoms with Gasteiger partial charge in [0.25, 0.3) is 0 Å². The number of carboxylic acids is 1. The number of rotatable bonds is 8. The number of ether oxygens (including phenoxy) is 3. The number of Topliss-reactive ketones (excluding diaryl/α,β-unsaturated/α-hetero) is 1. The molecule has 1 saturated heterocycles. The molecule has 3 saturated carbocycles. The van der Waals surface area contributed by atoms with Gasteiger partial charge < -0.3 is 29.5 Å². The van der Waals surface area contributed by atoms with Crippen LogP contribution in [0.2, 0.25) is 0 Å². The van der Waals surface area contributed by atoms with Crippen LogP contribution in [0.15, 0.2) is 41.0 Å². The van der Waals surface area contributed by atoms with Crippen LogP contribution in [0.3, 0.4) is 0 Å². The molecule has 0 aromatic heterocycles. The van der Waals surface area contributed by atoms with Crippen LogP contribution in [0.25, 0.3) is 6.08 Å². The summed E-state index contributed by atoms with van der Waals surface area (Å²) in [6.07, 6.45) is 11.7. The fraction of sp³-hybridized carbons (Fsp3) is 0.579. The Morgan fingerprint density at radius 2 is 1.70 bits per heavy atom. The fourth-order valence-electron chi connectivity index (χ4n) is 9.00. The molecule has 4 bridgehead atoms. The molecule has 7 rings (SSSR count). The minimum atomic E-state index is -1.37. The lowest BCUT2D eigenvalue weighted by Crippen LogP contribution is -2.77. The maximum atomic E-state index is 14.8. The number of aliphatic carboxylic acids is 1. The molecule has 4 fully saturated rings. The second-order valence-corrected chi connectivity index (χ2v) is 15.4. The van der Waals surface area contributed by atoms with Crippen molar-refractivity contribution < 1.29 is 39.1 Å². The Balaban J connectivity index is 1.57. The zero-order valence-corrected chi connectivity index (χ0v) is 28.3. The van der Waals surface area contributed by atoms with E-state index in [4.69, 9.17) is 14.2 Å². The van der Waals surface area contributed by atoms with Gasteiger partial charge in [0.1, 0.15) is 34.0 Å². The molecule has 3 N–H and O–H groups in total. The number of carboxylic acid groups (broad SMARTS) is 1. The lowest BCUT2D eigenvalue weighted by atomic mass is 9.46. The highest BCUT2D eigenvalue weighted by atomic mass is 16.6. The number of carbonyl (C=O) groups excluding carboxylic acids is 1. The molecule has 0 amide bonds. The van der Waals surface area contributed by atoms with Crippen molar-refractivity contribution in [1.82, 2.24) is 0 Å². The van der Waals surface area contributed by atoms with Gasteiger partial charge in [0.15, 0.2) is 11.4 Å². The van der Waals surface area contributed by atoms with Gasteiger partial charge in [-0.3, -0.25) is 4.79 Å². The summed E-state index contributed by atoms with van der Waals surface area (Å²) in [5.41, 5.74) is -0.321. The SMILES string of the molecule is CC(C)=CCC[C@]1(C)C=Cc2c(O)c3c(c(CC=C(C)C)c2O1)OC12C(CC4CC1C(C)(C)OC2(CC=C(C)C(=O)O)C4O)C3=O. The first-order valence-corrected chi connectivity index (χ1v) is 16.6. The van der Waals surface area contributed by atoms with E-state index >= 15 is 0 Å². The maximum absolute atomic E-state index is 14.8. The zero-order valence-electron chi connectivity index (χ0n) is 28.3. The average molecular weight is 633 g/mol. The Morgan fingerprint density at radius 3 is 2.35 bits per heavy atom. The number of hydrogen-bond acceptors (Lipinski definition) is 7. The molecule has 6 aliphatic rings. The summed E-state index contributed by atoms with van der Waals surface area (Å²) in [7, 11) is 0. The largest absolute Gasteiger partial charge is 0.506 e. The number of allylic oxidation sites excluding steroid dienone is 4. The molecule has 8 nitrogen and oxygen atoms in total. The second kappa shape index (κ2) is 10.8. The first kappa shape index (κ1) is 32.6. The second-order valence-electron chi connectivity index (χ2n) is 15.4. The summed E-state index contributed by atoms with van der Waals surface area (Å²) >= 11 is 0. The van der Waals surface area contributed by atoms with Crippen molar-refractivity contribution in [2.75, 3.05) is 0 Å². The van der Waals surface area contributed by atoms with Gasteiger partial charge in [0, 0.05) is 23.5 Å². The lowest BCUT2D eigenvalue weighted by Gasteiger charge is -2.63. The van der Waals surface area contributed by atoms with Crippen LogP contribution < -0.4 is 9.47 Å². The van der Waals surface area contributed by atoms with E-state index in [0.29, 0.717) is 36.1 Å². The summed E-state index contributed by atoms with van der Waals surface area (Å²) < 4.78 is 20.9. The maximum Gasteiger partial charge on any atom is 0.330 e. The summed E-state index contributed by atoms with van der Waals surface area (Å²) in [6, 6.07) is 0. The number of ketones is 1. The van der Waals surface area contributed by atoms with Gasteiger partial charge in [-0.15, -0.1) is 0 Å². The highest BCUT2D eigenvalue weighted by molar-refractivity contribution is 6.07. The van der Waals surface area contributed by atoms with Crippen molar-refractivity contribution >= 4 is 17.8 Å². The molecule has 46 heavy (non-hydrogen) atoms. The molecule has 8 heteroatoms. The average Bonchev–Trinajstić information content (AvgIpc) is 3.12. The Hall–Kier alpha value is -3.36. The Bertz CT molecular complexity index is 1620. The van der Waals surface area contributed by atoms with Crippen LogP contribution in [0, 0.1) is 17.8 Å². The number of aromatic hydroxyl groups is 1. The summed E-state index contributed by atoms with van der Waals surface area (Å²) in [6.45, 7) is 15.6. The number of phenols is 1. The first-order chi connectivity index (χ1) is 21.5. The third kappa shape index (κ3) is 4.61. The molecule has 0 radical (unpaired) electrons. The predicted molar refractivity (Wildman–Crippen MR) is 175 cm³/mol. The molecule has 1 spiro atoms. The van der Waals surface area contributed by atoms with Crippen molar-refractivity contribution in [3.8, 4) is 17.2 Å². The number of aliphatic hydroxyl groups excluding tert-OH is 1. The van der Waals surface area contributed by atoms with Gasteiger partial charge in [0.2, 0.25) is 0 Å². The fourth-order valence-corrected chi connectivity index (χ4v) is 9.00. The monoisotopic (exact) mass is 632 g/mol. The minimum absolute atomic E-state index is 0.0732. The zero-order chi connectivity index (χ0) is 33.6. The molecule has 3 heterocycles.